The Hall–Kier alpha value is -2.05. The summed E-state index contributed by atoms with van der Waals surface area (Å²) in [6.07, 6.45) is 3.27. The van der Waals surface area contributed by atoms with Gasteiger partial charge in [-0.25, -0.2) is 4.79 Å². The molecular formula is C15H14ClNO5. The standard InChI is InChI=1S/C15H14ClNO5/c16-11-6-12-9(5-13(11)22-4-3-18)14(19)10(15(20)21)7-17(12)8-1-2-8/h5-8,18H,1-4H2,(H,20,21). The number of carboxylic acids is 1. The van der Waals surface area contributed by atoms with Crippen molar-refractivity contribution in [1.82, 2.24) is 4.57 Å². The molecular weight excluding hydrogens is 310 g/mol. The number of ether oxygens (including phenoxy) is 1. The van der Waals surface area contributed by atoms with E-state index >= 15 is 0 Å². The number of aromatic nitrogens is 1. The first-order chi connectivity index (χ1) is 10.5. The summed E-state index contributed by atoms with van der Waals surface area (Å²) < 4.78 is 7.08. The van der Waals surface area contributed by atoms with Gasteiger partial charge in [-0.1, -0.05) is 11.6 Å². The summed E-state index contributed by atoms with van der Waals surface area (Å²) in [6.45, 7) is -0.142. The quantitative estimate of drug-likeness (QED) is 0.879. The van der Waals surface area contributed by atoms with Gasteiger partial charge in [0.15, 0.2) is 0 Å². The monoisotopic (exact) mass is 323 g/mol. The van der Waals surface area contributed by atoms with Gasteiger partial charge in [-0.3, -0.25) is 4.79 Å². The van der Waals surface area contributed by atoms with Gasteiger partial charge in [-0.2, -0.15) is 0 Å². The zero-order chi connectivity index (χ0) is 15.9. The molecule has 0 unspecified atom stereocenters. The van der Waals surface area contributed by atoms with Crippen LogP contribution in [0.4, 0.5) is 0 Å². The Balaban J connectivity index is 2.27. The highest BCUT2D eigenvalue weighted by molar-refractivity contribution is 6.32. The molecule has 7 heteroatoms. The predicted molar refractivity (Wildman–Crippen MR) is 81.0 cm³/mol. The molecule has 0 radical (unpaired) electrons. The second kappa shape index (κ2) is 5.62. The van der Waals surface area contributed by atoms with Crippen molar-refractivity contribution in [3.63, 3.8) is 0 Å². The highest BCUT2D eigenvalue weighted by Gasteiger charge is 2.27. The summed E-state index contributed by atoms with van der Waals surface area (Å²) in [5.41, 5.74) is -0.237. The molecule has 2 aromatic rings. The van der Waals surface area contributed by atoms with Gasteiger partial charge in [0.2, 0.25) is 5.43 Å². The molecule has 0 aliphatic heterocycles. The van der Waals surface area contributed by atoms with E-state index in [1.165, 1.54) is 12.3 Å². The third-order valence-electron chi connectivity index (χ3n) is 3.61. The number of benzene rings is 1. The summed E-state index contributed by atoms with van der Waals surface area (Å²) in [5, 5.41) is 18.6. The first-order valence-electron chi connectivity index (χ1n) is 6.88. The third-order valence-corrected chi connectivity index (χ3v) is 3.90. The maximum Gasteiger partial charge on any atom is 0.341 e. The Morgan fingerprint density at radius 1 is 1.41 bits per heavy atom. The van der Waals surface area contributed by atoms with Gasteiger partial charge in [0.05, 0.1) is 22.5 Å². The van der Waals surface area contributed by atoms with Crippen molar-refractivity contribution in [2.24, 2.45) is 0 Å². The van der Waals surface area contributed by atoms with E-state index in [1.54, 1.807) is 10.6 Å². The van der Waals surface area contributed by atoms with Crippen LogP contribution in [-0.2, 0) is 0 Å². The van der Waals surface area contributed by atoms with E-state index in [0.29, 0.717) is 10.5 Å². The van der Waals surface area contributed by atoms with Crippen LogP contribution >= 0.6 is 11.6 Å². The highest BCUT2D eigenvalue weighted by atomic mass is 35.5. The van der Waals surface area contributed by atoms with E-state index in [-0.39, 0.29) is 36.0 Å². The second-order valence-electron chi connectivity index (χ2n) is 5.19. The van der Waals surface area contributed by atoms with Gasteiger partial charge >= 0.3 is 5.97 Å². The summed E-state index contributed by atoms with van der Waals surface area (Å²) in [7, 11) is 0. The molecule has 1 aromatic carbocycles. The summed E-state index contributed by atoms with van der Waals surface area (Å²) in [4.78, 5) is 23.6. The van der Waals surface area contributed by atoms with Crippen molar-refractivity contribution in [1.29, 1.82) is 0 Å². The van der Waals surface area contributed by atoms with Gasteiger partial charge in [0.25, 0.3) is 0 Å². The molecule has 1 heterocycles. The van der Waals surface area contributed by atoms with Crippen molar-refractivity contribution in [2.45, 2.75) is 18.9 Å². The Kier molecular flexibility index (Phi) is 3.80. The number of carbonyl (C=O) groups is 1. The number of pyridine rings is 1. The van der Waals surface area contributed by atoms with Crippen LogP contribution in [-0.4, -0.2) is 34.0 Å². The van der Waals surface area contributed by atoms with E-state index in [0.717, 1.165) is 12.8 Å². The van der Waals surface area contributed by atoms with Crippen molar-refractivity contribution < 1.29 is 19.7 Å². The number of hydrogen-bond acceptors (Lipinski definition) is 4. The number of carboxylic acid groups (broad SMARTS) is 1. The lowest BCUT2D eigenvalue weighted by molar-refractivity contribution is 0.0695. The number of nitrogens with zero attached hydrogens (tertiary/aromatic N) is 1. The number of aliphatic hydroxyl groups excluding tert-OH is 1. The largest absolute Gasteiger partial charge is 0.490 e. The molecule has 3 rings (SSSR count). The van der Waals surface area contributed by atoms with Gasteiger partial charge in [-0.15, -0.1) is 0 Å². The lowest BCUT2D eigenvalue weighted by Crippen LogP contribution is -2.19. The van der Waals surface area contributed by atoms with Crippen LogP contribution in [0, 0.1) is 0 Å². The molecule has 1 aromatic heterocycles. The fourth-order valence-electron chi connectivity index (χ4n) is 2.42. The number of hydrogen-bond donors (Lipinski definition) is 2. The van der Waals surface area contributed by atoms with Crippen molar-refractivity contribution in [2.75, 3.05) is 13.2 Å². The van der Waals surface area contributed by atoms with E-state index in [4.69, 9.17) is 21.4 Å². The maximum absolute atomic E-state index is 12.4. The summed E-state index contributed by atoms with van der Waals surface area (Å²) >= 11 is 6.15. The molecule has 0 bridgehead atoms. The van der Waals surface area contributed by atoms with Crippen LogP contribution in [0.2, 0.25) is 5.02 Å². The molecule has 0 amide bonds. The van der Waals surface area contributed by atoms with Crippen LogP contribution in [0.3, 0.4) is 0 Å². The predicted octanol–water partition coefficient (Wildman–Crippen LogP) is 2.06. The third kappa shape index (κ3) is 2.55. The number of aromatic carboxylic acids is 1. The number of aliphatic hydroxyl groups is 1. The first-order valence-corrected chi connectivity index (χ1v) is 7.26. The summed E-state index contributed by atoms with van der Waals surface area (Å²) in [6, 6.07) is 3.25. The van der Waals surface area contributed by atoms with Gasteiger partial charge in [0, 0.05) is 12.2 Å². The zero-order valence-electron chi connectivity index (χ0n) is 11.6. The van der Waals surface area contributed by atoms with Gasteiger partial charge in [0.1, 0.15) is 17.9 Å². The molecule has 0 spiro atoms. The van der Waals surface area contributed by atoms with Gasteiger partial charge < -0.3 is 19.5 Å². The Morgan fingerprint density at radius 3 is 2.73 bits per heavy atom. The van der Waals surface area contributed by atoms with Crippen LogP contribution in [0.25, 0.3) is 10.9 Å². The zero-order valence-corrected chi connectivity index (χ0v) is 12.3. The molecule has 22 heavy (non-hydrogen) atoms. The van der Waals surface area contributed by atoms with E-state index in [1.807, 2.05) is 0 Å². The minimum Gasteiger partial charge on any atom is -0.490 e. The molecule has 1 fully saturated rings. The molecule has 6 nitrogen and oxygen atoms in total. The Bertz CT molecular complexity index is 810. The number of rotatable bonds is 5. The topological polar surface area (TPSA) is 88.8 Å². The van der Waals surface area contributed by atoms with Crippen LogP contribution in [0.5, 0.6) is 5.75 Å². The highest BCUT2D eigenvalue weighted by Crippen LogP contribution is 2.38. The molecule has 1 aliphatic rings. The van der Waals surface area contributed by atoms with Crippen molar-refractivity contribution >= 4 is 28.5 Å². The molecule has 1 saturated carbocycles. The minimum atomic E-state index is -1.26. The normalized spacial score (nSPS) is 14.3. The smallest absolute Gasteiger partial charge is 0.341 e. The maximum atomic E-state index is 12.4. The fraction of sp³-hybridized carbons (Fsp3) is 0.333. The van der Waals surface area contributed by atoms with E-state index < -0.39 is 11.4 Å². The molecule has 1 aliphatic carbocycles. The minimum absolute atomic E-state index is 0.0423. The number of fused-ring (bicyclic) bond motifs is 1. The molecule has 0 saturated heterocycles. The first kappa shape index (κ1) is 14.9. The average molecular weight is 324 g/mol. The van der Waals surface area contributed by atoms with Crippen molar-refractivity contribution in [3.05, 3.63) is 39.1 Å². The van der Waals surface area contributed by atoms with Gasteiger partial charge in [-0.05, 0) is 25.0 Å². The molecule has 2 N–H and O–H groups in total. The van der Waals surface area contributed by atoms with Crippen LogP contribution < -0.4 is 10.2 Å². The average Bonchev–Trinajstić information content (AvgIpc) is 3.30. The fourth-order valence-corrected chi connectivity index (χ4v) is 2.64. The van der Waals surface area contributed by atoms with Crippen molar-refractivity contribution in [3.8, 4) is 5.75 Å². The van der Waals surface area contributed by atoms with E-state index in [9.17, 15) is 14.7 Å². The lowest BCUT2D eigenvalue weighted by Gasteiger charge is -2.14. The second-order valence-corrected chi connectivity index (χ2v) is 5.59. The molecule has 116 valence electrons. The Labute approximate surface area is 130 Å². The number of halogens is 1. The Morgan fingerprint density at radius 2 is 2.14 bits per heavy atom. The van der Waals surface area contributed by atoms with Crippen LogP contribution in [0.15, 0.2) is 23.1 Å². The van der Waals surface area contributed by atoms with E-state index in [2.05, 4.69) is 0 Å². The van der Waals surface area contributed by atoms with Crippen LogP contribution in [0.1, 0.15) is 29.2 Å². The lowest BCUT2D eigenvalue weighted by atomic mass is 10.1. The SMILES string of the molecule is O=C(O)c1cn(C2CC2)c2cc(Cl)c(OCCO)cc2c1=O. The summed E-state index contributed by atoms with van der Waals surface area (Å²) in [5.74, 6) is -1.00. The molecule has 0 atom stereocenters.